The van der Waals surface area contributed by atoms with Crippen LogP contribution < -0.4 is 10.2 Å². The van der Waals surface area contributed by atoms with Crippen molar-refractivity contribution in [2.24, 2.45) is 5.92 Å². The summed E-state index contributed by atoms with van der Waals surface area (Å²) < 4.78 is 0. The number of carboxylic acid groups (broad SMARTS) is 1. The fraction of sp³-hybridized carbons (Fsp3) is 0.500. The van der Waals surface area contributed by atoms with Gasteiger partial charge in [-0.15, -0.1) is 0 Å². The van der Waals surface area contributed by atoms with Crippen LogP contribution >= 0.6 is 0 Å². The van der Waals surface area contributed by atoms with Gasteiger partial charge in [0.1, 0.15) is 12.0 Å². The van der Waals surface area contributed by atoms with Crippen LogP contribution in [0.4, 0.5) is 5.69 Å². The Balaban J connectivity index is 2.06. The van der Waals surface area contributed by atoms with Crippen molar-refractivity contribution in [2.75, 3.05) is 11.4 Å². The van der Waals surface area contributed by atoms with E-state index in [1.165, 1.54) is 5.56 Å². The second kappa shape index (κ2) is 7.47. The maximum absolute atomic E-state index is 12.5. The topological polar surface area (TPSA) is 86.7 Å². The fourth-order valence-corrected chi connectivity index (χ4v) is 2.83. The first kappa shape index (κ1) is 18.0. The summed E-state index contributed by atoms with van der Waals surface area (Å²) in [6.45, 7) is 6.34. The van der Waals surface area contributed by atoms with Crippen molar-refractivity contribution in [2.45, 2.75) is 45.6 Å². The minimum atomic E-state index is -1.09. The minimum absolute atomic E-state index is 0.273. The Morgan fingerprint density at radius 3 is 2.42 bits per heavy atom. The number of carboxylic acids is 1. The molecule has 0 unspecified atom stereocenters. The van der Waals surface area contributed by atoms with Crippen LogP contribution in [0, 0.1) is 5.92 Å². The lowest BCUT2D eigenvalue weighted by Crippen LogP contribution is -2.45. The molecule has 6 heteroatoms. The molecule has 1 fully saturated rings. The first-order chi connectivity index (χ1) is 11.3. The Kier molecular flexibility index (Phi) is 5.59. The van der Waals surface area contributed by atoms with Gasteiger partial charge in [-0.3, -0.25) is 9.59 Å². The fourth-order valence-electron chi connectivity index (χ4n) is 2.83. The van der Waals surface area contributed by atoms with Gasteiger partial charge in [-0.1, -0.05) is 32.9 Å². The van der Waals surface area contributed by atoms with E-state index >= 15 is 0 Å². The molecule has 0 saturated carbocycles. The summed E-state index contributed by atoms with van der Waals surface area (Å²) in [4.78, 5) is 37.4. The van der Waals surface area contributed by atoms with E-state index in [0.717, 1.165) is 5.69 Å². The highest BCUT2D eigenvalue weighted by atomic mass is 16.4. The van der Waals surface area contributed by atoms with E-state index in [9.17, 15) is 14.4 Å². The molecule has 1 aromatic carbocycles. The molecular formula is C18H24N2O4. The number of amides is 2. The Labute approximate surface area is 141 Å². The molecule has 6 nitrogen and oxygen atoms in total. The van der Waals surface area contributed by atoms with Crippen LogP contribution in [0.5, 0.6) is 0 Å². The zero-order valence-corrected chi connectivity index (χ0v) is 14.3. The second-order valence-corrected chi connectivity index (χ2v) is 6.39. The van der Waals surface area contributed by atoms with E-state index in [1.54, 1.807) is 11.8 Å². The van der Waals surface area contributed by atoms with Crippen LogP contribution in [0.1, 0.15) is 45.1 Å². The van der Waals surface area contributed by atoms with E-state index in [0.29, 0.717) is 18.9 Å². The molecule has 130 valence electrons. The van der Waals surface area contributed by atoms with Crippen molar-refractivity contribution in [1.82, 2.24) is 5.32 Å². The monoisotopic (exact) mass is 332 g/mol. The van der Waals surface area contributed by atoms with Crippen molar-refractivity contribution in [1.29, 1.82) is 0 Å². The maximum Gasteiger partial charge on any atom is 0.326 e. The Morgan fingerprint density at radius 1 is 1.29 bits per heavy atom. The molecule has 2 N–H and O–H groups in total. The maximum atomic E-state index is 12.5. The van der Waals surface area contributed by atoms with E-state index < -0.39 is 23.8 Å². The molecule has 0 aliphatic carbocycles. The van der Waals surface area contributed by atoms with Crippen molar-refractivity contribution in [3.8, 4) is 0 Å². The number of nitrogens with zero attached hydrogens (tertiary/aromatic N) is 1. The average molecular weight is 332 g/mol. The lowest BCUT2D eigenvalue weighted by molar-refractivity contribution is -0.143. The molecule has 1 aliphatic rings. The number of hydrogen-bond donors (Lipinski definition) is 2. The lowest BCUT2D eigenvalue weighted by Gasteiger charge is -2.18. The van der Waals surface area contributed by atoms with Gasteiger partial charge in [0.2, 0.25) is 11.8 Å². The molecule has 2 rings (SSSR count). The quantitative estimate of drug-likeness (QED) is 0.782. The normalized spacial score (nSPS) is 18.8. The average Bonchev–Trinajstić information content (AvgIpc) is 2.93. The summed E-state index contributed by atoms with van der Waals surface area (Å²) in [5.74, 6) is -2.27. The van der Waals surface area contributed by atoms with Gasteiger partial charge in [0.25, 0.3) is 0 Å². The number of rotatable bonds is 6. The first-order valence-corrected chi connectivity index (χ1v) is 8.29. The van der Waals surface area contributed by atoms with Gasteiger partial charge in [0.15, 0.2) is 0 Å². The Bertz CT molecular complexity index is 624. The molecule has 1 aromatic rings. The van der Waals surface area contributed by atoms with E-state index in [1.807, 2.05) is 24.3 Å². The van der Waals surface area contributed by atoms with Crippen LogP contribution in [0.15, 0.2) is 24.3 Å². The summed E-state index contributed by atoms with van der Waals surface area (Å²) in [5, 5.41) is 11.5. The van der Waals surface area contributed by atoms with Gasteiger partial charge >= 0.3 is 5.97 Å². The highest BCUT2D eigenvalue weighted by Gasteiger charge is 2.38. The SMILES string of the molecule is CC[C@H](NC(=O)[C@H]1CCN(c2ccc(C(C)C)cc2)C1=O)C(=O)O. The molecule has 1 heterocycles. The Hall–Kier alpha value is -2.37. The van der Waals surface area contributed by atoms with Crippen LogP contribution in [0.3, 0.4) is 0 Å². The van der Waals surface area contributed by atoms with E-state index in [-0.39, 0.29) is 12.3 Å². The number of anilines is 1. The van der Waals surface area contributed by atoms with Gasteiger partial charge in [0.05, 0.1) is 0 Å². The predicted octanol–water partition coefficient (Wildman–Crippen LogP) is 2.14. The van der Waals surface area contributed by atoms with Crippen LogP contribution in [0.2, 0.25) is 0 Å². The standard InChI is InChI=1S/C18H24N2O4/c1-4-15(18(23)24)19-16(21)14-9-10-20(17(14)22)13-7-5-12(6-8-13)11(2)3/h5-8,11,14-15H,4,9-10H2,1-3H3,(H,19,21)(H,23,24)/t14-,15+/m1/s1. The number of benzene rings is 1. The number of hydrogen-bond acceptors (Lipinski definition) is 3. The highest BCUT2D eigenvalue weighted by molar-refractivity contribution is 6.10. The third-order valence-electron chi connectivity index (χ3n) is 4.42. The smallest absolute Gasteiger partial charge is 0.326 e. The molecule has 0 aromatic heterocycles. The molecule has 2 amide bonds. The van der Waals surface area contributed by atoms with Crippen LogP contribution in [0.25, 0.3) is 0 Å². The summed E-state index contributed by atoms with van der Waals surface area (Å²) in [5.41, 5.74) is 1.96. The van der Waals surface area contributed by atoms with Crippen molar-refractivity contribution >= 4 is 23.5 Å². The third kappa shape index (κ3) is 3.75. The Morgan fingerprint density at radius 2 is 1.92 bits per heavy atom. The summed E-state index contributed by atoms with van der Waals surface area (Å²) >= 11 is 0. The number of carbonyl (C=O) groups is 3. The van der Waals surface area contributed by atoms with Gasteiger partial charge in [0, 0.05) is 12.2 Å². The van der Waals surface area contributed by atoms with E-state index in [2.05, 4.69) is 19.2 Å². The number of nitrogens with one attached hydrogen (secondary N) is 1. The summed E-state index contributed by atoms with van der Waals surface area (Å²) in [6, 6.07) is 6.79. The molecule has 1 saturated heterocycles. The van der Waals surface area contributed by atoms with Crippen molar-refractivity contribution in [3.05, 3.63) is 29.8 Å². The van der Waals surface area contributed by atoms with Gasteiger partial charge < -0.3 is 15.3 Å². The zero-order chi connectivity index (χ0) is 17.9. The molecule has 0 spiro atoms. The predicted molar refractivity (Wildman–Crippen MR) is 90.8 cm³/mol. The van der Waals surface area contributed by atoms with E-state index in [4.69, 9.17) is 5.11 Å². The number of aliphatic carboxylic acids is 1. The molecule has 2 atom stereocenters. The lowest BCUT2D eigenvalue weighted by atomic mass is 10.0. The summed E-state index contributed by atoms with van der Waals surface area (Å²) in [6.07, 6.45) is 0.676. The van der Waals surface area contributed by atoms with Gasteiger partial charge in [-0.05, 0) is 36.5 Å². The van der Waals surface area contributed by atoms with Gasteiger partial charge in [-0.2, -0.15) is 0 Å². The molecular weight excluding hydrogens is 308 g/mol. The molecule has 24 heavy (non-hydrogen) atoms. The van der Waals surface area contributed by atoms with Crippen molar-refractivity contribution < 1.29 is 19.5 Å². The second-order valence-electron chi connectivity index (χ2n) is 6.39. The van der Waals surface area contributed by atoms with Crippen LogP contribution in [-0.4, -0.2) is 35.5 Å². The number of carbonyl (C=O) groups excluding carboxylic acids is 2. The first-order valence-electron chi connectivity index (χ1n) is 8.29. The molecule has 1 aliphatic heterocycles. The highest BCUT2D eigenvalue weighted by Crippen LogP contribution is 2.27. The molecule has 0 bridgehead atoms. The van der Waals surface area contributed by atoms with Crippen molar-refractivity contribution in [3.63, 3.8) is 0 Å². The minimum Gasteiger partial charge on any atom is -0.480 e. The third-order valence-corrected chi connectivity index (χ3v) is 4.42. The summed E-state index contributed by atoms with van der Waals surface area (Å²) in [7, 11) is 0. The van der Waals surface area contributed by atoms with Crippen LogP contribution in [-0.2, 0) is 14.4 Å². The molecule has 0 radical (unpaired) electrons. The zero-order valence-electron chi connectivity index (χ0n) is 14.3. The van der Waals surface area contributed by atoms with Gasteiger partial charge in [-0.25, -0.2) is 4.79 Å². The largest absolute Gasteiger partial charge is 0.480 e.